The van der Waals surface area contributed by atoms with Crippen LogP contribution in [0.2, 0.25) is 5.02 Å². The van der Waals surface area contributed by atoms with Gasteiger partial charge >= 0.3 is 0 Å². The zero-order chi connectivity index (χ0) is 17.1. The Kier molecular flexibility index (Phi) is 5.15. The topological polar surface area (TPSA) is 36.7 Å². The molecule has 0 amide bonds. The average molecular weight is 416 g/mol. The summed E-state index contributed by atoms with van der Waals surface area (Å²) in [6, 6.07) is 17.7. The van der Waals surface area contributed by atoms with Crippen LogP contribution < -0.4 is 0 Å². The van der Waals surface area contributed by atoms with Gasteiger partial charge in [-0.15, -0.1) is 11.3 Å². The summed E-state index contributed by atoms with van der Waals surface area (Å²) in [5.41, 5.74) is 3.42. The lowest BCUT2D eigenvalue weighted by atomic mass is 10.1. The molecule has 0 bridgehead atoms. The Morgan fingerprint density at radius 1 is 1.17 bits per heavy atom. The van der Waals surface area contributed by atoms with Crippen molar-refractivity contribution in [3.63, 3.8) is 0 Å². The predicted octanol–water partition coefficient (Wildman–Crippen LogP) is 6.60. The van der Waals surface area contributed by atoms with Crippen molar-refractivity contribution in [3.05, 3.63) is 73.5 Å². The van der Waals surface area contributed by atoms with Gasteiger partial charge in [0.25, 0.3) is 0 Å². The van der Waals surface area contributed by atoms with Crippen molar-refractivity contribution in [2.24, 2.45) is 0 Å². The normalized spacial score (nSPS) is 11.3. The minimum Gasteiger partial charge on any atom is -0.235 e. The minimum atomic E-state index is 0.561. The first-order valence-corrected chi connectivity index (χ1v) is 9.16. The number of nitrogens with zero attached hydrogens (tertiary/aromatic N) is 2. The number of nitriles is 1. The van der Waals surface area contributed by atoms with Crippen LogP contribution in [-0.2, 0) is 0 Å². The van der Waals surface area contributed by atoms with Gasteiger partial charge in [-0.25, -0.2) is 4.98 Å². The summed E-state index contributed by atoms with van der Waals surface area (Å²) < 4.78 is 1.01. The fourth-order valence-corrected chi connectivity index (χ4v) is 3.55. The third kappa shape index (κ3) is 3.76. The van der Waals surface area contributed by atoms with Gasteiger partial charge < -0.3 is 0 Å². The number of halogens is 2. The zero-order valence-electron chi connectivity index (χ0n) is 12.8. The maximum Gasteiger partial charge on any atom is 0.134 e. The predicted molar refractivity (Wildman–Crippen MR) is 105 cm³/mol. The first kappa shape index (κ1) is 16.9. The van der Waals surface area contributed by atoms with Gasteiger partial charge in [0.05, 0.1) is 11.3 Å². The summed E-state index contributed by atoms with van der Waals surface area (Å²) in [5, 5.41) is 10.9. The van der Waals surface area contributed by atoms with Gasteiger partial charge in [-0.05, 0) is 42.8 Å². The third-order valence-electron chi connectivity index (χ3n) is 3.45. The second-order valence-electron chi connectivity index (χ2n) is 5.15. The summed E-state index contributed by atoms with van der Waals surface area (Å²) >= 11 is 10.9. The lowest BCUT2D eigenvalue weighted by Gasteiger charge is -1.98. The van der Waals surface area contributed by atoms with E-state index < -0.39 is 0 Å². The molecule has 2 aromatic carbocycles. The maximum atomic E-state index is 9.52. The van der Waals surface area contributed by atoms with E-state index >= 15 is 0 Å². The van der Waals surface area contributed by atoms with Gasteiger partial charge in [-0.2, -0.15) is 5.26 Å². The molecule has 0 spiro atoms. The van der Waals surface area contributed by atoms with Crippen LogP contribution in [0.25, 0.3) is 22.9 Å². The molecule has 1 heterocycles. The second kappa shape index (κ2) is 7.31. The van der Waals surface area contributed by atoms with E-state index in [1.54, 1.807) is 0 Å². The van der Waals surface area contributed by atoms with E-state index in [0.717, 1.165) is 31.2 Å². The molecule has 0 saturated heterocycles. The molecule has 0 aliphatic rings. The number of aryl methyl sites for hydroxylation is 1. The molecule has 0 radical (unpaired) electrons. The number of benzene rings is 2. The van der Waals surface area contributed by atoms with Crippen molar-refractivity contribution < 1.29 is 0 Å². The number of hydrogen-bond donors (Lipinski definition) is 0. The Hall–Kier alpha value is -1.93. The molecule has 3 rings (SSSR count). The first-order valence-electron chi connectivity index (χ1n) is 7.18. The highest BCUT2D eigenvalue weighted by Gasteiger charge is 2.13. The molecule has 3 aromatic rings. The molecule has 1 aromatic heterocycles. The summed E-state index contributed by atoms with van der Waals surface area (Å²) in [5.74, 6) is 0. The van der Waals surface area contributed by atoms with E-state index in [1.807, 2.05) is 61.5 Å². The van der Waals surface area contributed by atoms with Gasteiger partial charge in [-0.3, -0.25) is 0 Å². The molecule has 0 aliphatic carbocycles. The van der Waals surface area contributed by atoms with Gasteiger partial charge in [0.1, 0.15) is 11.1 Å². The fourth-order valence-electron chi connectivity index (χ4n) is 2.25. The van der Waals surface area contributed by atoms with Gasteiger partial charge in [-0.1, -0.05) is 51.8 Å². The van der Waals surface area contributed by atoms with Crippen molar-refractivity contribution in [1.82, 2.24) is 4.98 Å². The minimum absolute atomic E-state index is 0.561. The quantitative estimate of drug-likeness (QED) is 0.452. The number of thiazole rings is 1. The van der Waals surface area contributed by atoms with Crippen LogP contribution in [0.3, 0.4) is 0 Å². The average Bonchev–Trinajstić information content (AvgIpc) is 2.96. The SMILES string of the molecule is Cc1sc(C(C#N)=Cc2ccc(Br)cc2)nc1-c1ccc(Cl)cc1. The van der Waals surface area contributed by atoms with Crippen LogP contribution in [0.15, 0.2) is 53.0 Å². The molecule has 5 heteroatoms. The Morgan fingerprint density at radius 2 is 1.83 bits per heavy atom. The summed E-state index contributed by atoms with van der Waals surface area (Å²) in [6.07, 6.45) is 1.86. The van der Waals surface area contributed by atoms with E-state index in [4.69, 9.17) is 11.6 Å². The van der Waals surface area contributed by atoms with E-state index in [2.05, 4.69) is 27.0 Å². The first-order chi connectivity index (χ1) is 11.6. The molecular weight excluding hydrogens is 404 g/mol. The Balaban J connectivity index is 1.99. The van der Waals surface area contributed by atoms with Crippen LogP contribution in [-0.4, -0.2) is 4.98 Å². The van der Waals surface area contributed by atoms with Gasteiger partial charge in [0, 0.05) is 19.9 Å². The molecule has 24 heavy (non-hydrogen) atoms. The smallest absolute Gasteiger partial charge is 0.134 e. The van der Waals surface area contributed by atoms with Crippen molar-refractivity contribution in [3.8, 4) is 17.3 Å². The third-order valence-corrected chi connectivity index (χ3v) is 5.23. The highest BCUT2D eigenvalue weighted by atomic mass is 79.9. The van der Waals surface area contributed by atoms with E-state index in [0.29, 0.717) is 10.6 Å². The highest BCUT2D eigenvalue weighted by molar-refractivity contribution is 9.10. The van der Waals surface area contributed by atoms with Crippen molar-refractivity contribution >= 4 is 50.5 Å². The number of allylic oxidation sites excluding steroid dienone is 1. The molecule has 0 unspecified atom stereocenters. The van der Waals surface area contributed by atoms with Gasteiger partial charge in [0.15, 0.2) is 0 Å². The highest BCUT2D eigenvalue weighted by Crippen LogP contribution is 2.32. The number of rotatable bonds is 3. The Labute approximate surface area is 158 Å². The summed E-state index contributed by atoms with van der Waals surface area (Å²) in [6.45, 7) is 2.01. The Bertz CT molecular complexity index is 935. The monoisotopic (exact) mass is 414 g/mol. The molecule has 0 saturated carbocycles. The molecule has 118 valence electrons. The van der Waals surface area contributed by atoms with Crippen LogP contribution in [0.4, 0.5) is 0 Å². The molecule has 0 aliphatic heterocycles. The largest absolute Gasteiger partial charge is 0.235 e. The molecule has 0 fully saturated rings. The molecule has 2 nitrogen and oxygen atoms in total. The van der Waals surface area contributed by atoms with Crippen molar-refractivity contribution in [2.75, 3.05) is 0 Å². The van der Waals surface area contributed by atoms with Crippen LogP contribution in [0.1, 0.15) is 15.4 Å². The Morgan fingerprint density at radius 3 is 2.46 bits per heavy atom. The molecular formula is C19H12BrClN2S. The number of aromatic nitrogens is 1. The van der Waals surface area contributed by atoms with Crippen LogP contribution >= 0.6 is 38.9 Å². The lowest BCUT2D eigenvalue weighted by Crippen LogP contribution is -1.83. The van der Waals surface area contributed by atoms with Gasteiger partial charge in [0.2, 0.25) is 0 Å². The molecule has 0 N–H and O–H groups in total. The van der Waals surface area contributed by atoms with Crippen LogP contribution in [0.5, 0.6) is 0 Å². The molecule has 0 atom stereocenters. The van der Waals surface area contributed by atoms with Crippen LogP contribution in [0, 0.1) is 18.3 Å². The fraction of sp³-hybridized carbons (Fsp3) is 0.0526. The maximum absolute atomic E-state index is 9.52. The van der Waals surface area contributed by atoms with Crippen molar-refractivity contribution in [2.45, 2.75) is 6.92 Å². The van der Waals surface area contributed by atoms with E-state index in [-0.39, 0.29) is 0 Å². The van der Waals surface area contributed by atoms with E-state index in [9.17, 15) is 5.26 Å². The summed E-state index contributed by atoms with van der Waals surface area (Å²) in [4.78, 5) is 5.74. The zero-order valence-corrected chi connectivity index (χ0v) is 15.9. The lowest BCUT2D eigenvalue weighted by molar-refractivity contribution is 1.34. The van der Waals surface area contributed by atoms with E-state index in [1.165, 1.54) is 11.3 Å². The number of hydrogen-bond acceptors (Lipinski definition) is 3. The summed E-state index contributed by atoms with van der Waals surface area (Å²) in [7, 11) is 0. The van der Waals surface area contributed by atoms with Crippen molar-refractivity contribution in [1.29, 1.82) is 5.26 Å². The standard InChI is InChI=1S/C19H12BrClN2S/c1-12-18(14-4-8-17(21)9-5-14)23-19(24-12)15(11-22)10-13-2-6-16(20)7-3-13/h2-10H,1H3. The second-order valence-corrected chi connectivity index (χ2v) is 7.71.